The molecule has 0 bridgehead atoms. The molecule has 1 saturated heterocycles. The number of rotatable bonds is 8. The van der Waals surface area contributed by atoms with Gasteiger partial charge >= 0.3 is 6.09 Å². The van der Waals surface area contributed by atoms with E-state index in [2.05, 4.69) is 47.2 Å². The summed E-state index contributed by atoms with van der Waals surface area (Å²) in [6, 6.07) is 11.9. The summed E-state index contributed by atoms with van der Waals surface area (Å²) >= 11 is 6.57. The zero-order chi connectivity index (χ0) is 22.4. The Kier molecular flexibility index (Phi) is 8.34. The number of amides is 1. The molecular weight excluding hydrogens is 554 g/mol. The van der Waals surface area contributed by atoms with Crippen molar-refractivity contribution in [3.63, 3.8) is 0 Å². The molecule has 1 aliphatic rings. The fraction of sp³-hybridized carbons (Fsp3) is 0.350. The topological polar surface area (TPSA) is 106 Å². The van der Waals surface area contributed by atoms with E-state index < -0.39 is 16.1 Å². The lowest BCUT2D eigenvalue weighted by atomic mass is 10.2. The van der Waals surface area contributed by atoms with Crippen LogP contribution in [0.4, 0.5) is 4.79 Å². The van der Waals surface area contributed by atoms with Gasteiger partial charge in [0.2, 0.25) is 10.0 Å². The summed E-state index contributed by atoms with van der Waals surface area (Å²) in [4.78, 5) is 12.2. The van der Waals surface area contributed by atoms with E-state index in [-0.39, 0.29) is 30.1 Å². The first-order valence-electron chi connectivity index (χ1n) is 9.52. The molecule has 2 atom stereocenters. The van der Waals surface area contributed by atoms with E-state index >= 15 is 0 Å². The fourth-order valence-corrected chi connectivity index (χ4v) is 6.00. The standard InChI is InChI=1S/C20H23Br2N3O5S/c1-29-18-5-3-2-4-13(18)10-24-20(26)30-12-16-9-15(11-23-16)25-31(27,28)19-8-14(21)6-7-17(19)22/h2-8,15-16,23,25H,9-12H2,1H3,(H,24,26)/t15-,16-/m1/s1. The Balaban J connectivity index is 1.46. The van der Waals surface area contributed by atoms with E-state index in [0.717, 1.165) is 5.56 Å². The largest absolute Gasteiger partial charge is 0.496 e. The number of halogens is 2. The van der Waals surface area contributed by atoms with Crippen molar-refractivity contribution in [3.8, 4) is 5.75 Å². The number of alkyl carbamates (subject to hydrolysis) is 1. The highest BCUT2D eigenvalue weighted by molar-refractivity contribution is 9.11. The predicted molar refractivity (Wildman–Crippen MR) is 124 cm³/mol. The summed E-state index contributed by atoms with van der Waals surface area (Å²) in [5.41, 5.74) is 0.842. The Morgan fingerprint density at radius 2 is 2.00 bits per heavy atom. The molecule has 3 rings (SSSR count). The van der Waals surface area contributed by atoms with Crippen LogP contribution >= 0.6 is 31.9 Å². The van der Waals surface area contributed by atoms with Crippen molar-refractivity contribution in [1.29, 1.82) is 0 Å². The number of methoxy groups -OCH3 is 1. The lowest BCUT2D eigenvalue weighted by Gasteiger charge is -2.15. The molecule has 1 heterocycles. The van der Waals surface area contributed by atoms with E-state index in [1.54, 1.807) is 25.3 Å². The number of nitrogens with one attached hydrogen (secondary N) is 3. The van der Waals surface area contributed by atoms with Crippen molar-refractivity contribution in [2.45, 2.75) is 29.9 Å². The molecule has 31 heavy (non-hydrogen) atoms. The van der Waals surface area contributed by atoms with Crippen LogP contribution in [0.1, 0.15) is 12.0 Å². The molecule has 0 aliphatic carbocycles. The molecule has 3 N–H and O–H groups in total. The molecule has 168 valence electrons. The molecule has 1 aliphatic heterocycles. The van der Waals surface area contributed by atoms with Crippen molar-refractivity contribution >= 4 is 48.0 Å². The van der Waals surface area contributed by atoms with Crippen molar-refractivity contribution < 1.29 is 22.7 Å². The van der Waals surface area contributed by atoms with Gasteiger partial charge in [0, 0.05) is 39.7 Å². The summed E-state index contributed by atoms with van der Waals surface area (Å²) in [6.45, 7) is 0.864. The maximum atomic E-state index is 12.7. The maximum absolute atomic E-state index is 12.7. The molecule has 8 nitrogen and oxygen atoms in total. The van der Waals surface area contributed by atoms with Gasteiger partial charge in [-0.3, -0.25) is 0 Å². The minimum absolute atomic E-state index is 0.135. The highest BCUT2D eigenvalue weighted by atomic mass is 79.9. The van der Waals surface area contributed by atoms with Crippen molar-refractivity contribution in [2.75, 3.05) is 20.3 Å². The van der Waals surface area contributed by atoms with Crippen LogP contribution in [0, 0.1) is 0 Å². The van der Waals surface area contributed by atoms with Crippen LogP contribution in [-0.2, 0) is 21.3 Å². The Hall–Kier alpha value is -1.66. The van der Waals surface area contributed by atoms with E-state index in [1.807, 2.05) is 24.3 Å². The molecule has 1 fully saturated rings. The molecule has 11 heteroatoms. The van der Waals surface area contributed by atoms with Gasteiger partial charge in [-0.15, -0.1) is 0 Å². The third-order valence-electron chi connectivity index (χ3n) is 4.76. The van der Waals surface area contributed by atoms with Gasteiger partial charge in [-0.1, -0.05) is 34.1 Å². The summed E-state index contributed by atoms with van der Waals surface area (Å²) < 4.78 is 39.8. The number of hydrogen-bond donors (Lipinski definition) is 3. The predicted octanol–water partition coefficient (Wildman–Crippen LogP) is 3.16. The molecule has 0 spiro atoms. The number of benzene rings is 2. The van der Waals surface area contributed by atoms with Gasteiger partial charge in [-0.2, -0.15) is 0 Å². The van der Waals surface area contributed by atoms with Gasteiger partial charge in [0.15, 0.2) is 0 Å². The Labute approximate surface area is 198 Å². The summed E-state index contributed by atoms with van der Waals surface area (Å²) in [5.74, 6) is 0.687. The number of hydrogen-bond acceptors (Lipinski definition) is 6. The SMILES string of the molecule is COc1ccccc1CNC(=O)OC[C@H]1C[C@@H](NS(=O)(=O)c2cc(Br)ccc2Br)CN1. The quantitative estimate of drug-likeness (QED) is 0.446. The summed E-state index contributed by atoms with van der Waals surface area (Å²) in [6.07, 6.45) is -0.0419. The van der Waals surface area contributed by atoms with E-state index in [9.17, 15) is 13.2 Å². The van der Waals surface area contributed by atoms with Gasteiger partial charge in [0.25, 0.3) is 0 Å². The van der Waals surface area contributed by atoms with Gasteiger partial charge in [-0.25, -0.2) is 17.9 Å². The Bertz CT molecular complexity index is 1040. The molecule has 2 aromatic carbocycles. The molecular formula is C20H23Br2N3O5S. The van der Waals surface area contributed by atoms with Crippen LogP contribution in [0.2, 0.25) is 0 Å². The first-order chi connectivity index (χ1) is 14.8. The van der Waals surface area contributed by atoms with Gasteiger partial charge in [0.1, 0.15) is 12.4 Å². The lowest BCUT2D eigenvalue weighted by molar-refractivity contribution is 0.135. The molecule has 1 amide bonds. The average Bonchev–Trinajstić information content (AvgIpc) is 3.19. The first-order valence-corrected chi connectivity index (χ1v) is 12.6. The van der Waals surface area contributed by atoms with E-state index in [4.69, 9.17) is 9.47 Å². The zero-order valence-corrected chi connectivity index (χ0v) is 20.7. The average molecular weight is 577 g/mol. The monoisotopic (exact) mass is 575 g/mol. The first kappa shape index (κ1) is 24.0. The van der Waals surface area contributed by atoms with E-state index in [1.165, 1.54) is 0 Å². The summed E-state index contributed by atoms with van der Waals surface area (Å²) in [5, 5.41) is 5.87. The van der Waals surface area contributed by atoms with Crippen LogP contribution in [0.15, 0.2) is 56.3 Å². The number of sulfonamides is 1. The highest BCUT2D eigenvalue weighted by Gasteiger charge is 2.30. The number of para-hydroxylation sites is 1. The fourth-order valence-electron chi connectivity index (χ4n) is 3.25. The second-order valence-corrected chi connectivity index (χ2v) is 10.5. The van der Waals surface area contributed by atoms with Crippen LogP contribution in [0.3, 0.4) is 0 Å². The number of carbonyl (C=O) groups excluding carboxylic acids is 1. The third-order valence-corrected chi connectivity index (χ3v) is 7.77. The van der Waals surface area contributed by atoms with Gasteiger partial charge in [0.05, 0.1) is 12.0 Å². The highest BCUT2D eigenvalue weighted by Crippen LogP contribution is 2.26. The zero-order valence-electron chi connectivity index (χ0n) is 16.7. The molecule has 2 aromatic rings. The molecule has 0 radical (unpaired) electrons. The van der Waals surface area contributed by atoms with Gasteiger partial charge in [-0.05, 0) is 46.6 Å². The van der Waals surface area contributed by atoms with E-state index in [0.29, 0.717) is 27.7 Å². The van der Waals surface area contributed by atoms with Crippen LogP contribution in [0.5, 0.6) is 5.75 Å². The van der Waals surface area contributed by atoms with Crippen LogP contribution in [-0.4, -0.2) is 46.9 Å². The van der Waals surface area contributed by atoms with Crippen molar-refractivity contribution in [1.82, 2.24) is 15.4 Å². The second-order valence-electron chi connectivity index (χ2n) is 7.00. The maximum Gasteiger partial charge on any atom is 0.407 e. The van der Waals surface area contributed by atoms with Gasteiger partial charge < -0.3 is 20.1 Å². The van der Waals surface area contributed by atoms with Crippen LogP contribution < -0.4 is 20.1 Å². The molecule has 0 unspecified atom stereocenters. The Morgan fingerprint density at radius 1 is 1.23 bits per heavy atom. The van der Waals surface area contributed by atoms with Crippen LogP contribution in [0.25, 0.3) is 0 Å². The second kappa shape index (κ2) is 10.8. The third kappa shape index (κ3) is 6.66. The normalized spacial score (nSPS) is 18.5. The summed E-state index contributed by atoms with van der Waals surface area (Å²) in [7, 11) is -2.12. The molecule has 0 aromatic heterocycles. The van der Waals surface area contributed by atoms with Crippen molar-refractivity contribution in [3.05, 3.63) is 57.0 Å². The van der Waals surface area contributed by atoms with Crippen molar-refractivity contribution in [2.24, 2.45) is 0 Å². The number of carbonyl (C=O) groups is 1. The Morgan fingerprint density at radius 3 is 2.77 bits per heavy atom. The smallest absolute Gasteiger partial charge is 0.407 e. The number of ether oxygens (including phenoxy) is 2. The minimum atomic E-state index is -3.70. The lowest BCUT2D eigenvalue weighted by Crippen LogP contribution is -2.36. The molecule has 0 saturated carbocycles. The minimum Gasteiger partial charge on any atom is -0.496 e.